The van der Waals surface area contributed by atoms with Gasteiger partial charge in [-0.05, 0) is 31.5 Å². The molecule has 0 saturated heterocycles. The highest BCUT2D eigenvalue weighted by Gasteiger charge is 2.19. The summed E-state index contributed by atoms with van der Waals surface area (Å²) in [4.78, 5) is 24.5. The molecule has 6 nitrogen and oxygen atoms in total. The second-order valence-corrected chi connectivity index (χ2v) is 6.60. The summed E-state index contributed by atoms with van der Waals surface area (Å²) in [6.07, 6.45) is 0.695. The van der Waals surface area contributed by atoms with Crippen LogP contribution in [0.4, 0.5) is 0 Å². The molecular formula is C22H23NO5. The maximum atomic E-state index is 12.3. The molecule has 0 fully saturated rings. The Morgan fingerprint density at radius 1 is 1.14 bits per heavy atom. The smallest absolute Gasteiger partial charge is 0.311 e. The van der Waals surface area contributed by atoms with Crippen molar-refractivity contribution in [1.82, 2.24) is 5.32 Å². The number of para-hydroxylation sites is 1. The number of nitrogens with one attached hydrogen (secondary N) is 1. The Kier molecular flexibility index (Phi) is 5.99. The van der Waals surface area contributed by atoms with Gasteiger partial charge >= 0.3 is 5.97 Å². The lowest BCUT2D eigenvalue weighted by atomic mass is 10.1. The molecule has 3 rings (SSSR count). The quantitative estimate of drug-likeness (QED) is 0.634. The predicted octanol–water partition coefficient (Wildman–Crippen LogP) is 3.54. The van der Waals surface area contributed by atoms with E-state index in [1.54, 1.807) is 20.3 Å². The number of methoxy groups -OCH3 is 1. The Morgan fingerprint density at radius 2 is 1.93 bits per heavy atom. The van der Waals surface area contributed by atoms with E-state index in [1.807, 2.05) is 49.4 Å². The van der Waals surface area contributed by atoms with Gasteiger partial charge < -0.3 is 19.2 Å². The number of hydrogen-bond acceptors (Lipinski definition) is 5. The molecule has 2 aromatic carbocycles. The van der Waals surface area contributed by atoms with Crippen LogP contribution in [0.3, 0.4) is 0 Å². The molecule has 1 aromatic heterocycles. The number of ether oxygens (including phenoxy) is 2. The first-order valence-corrected chi connectivity index (χ1v) is 9.03. The minimum absolute atomic E-state index is 0.0419. The van der Waals surface area contributed by atoms with Crippen LogP contribution in [0, 0.1) is 6.92 Å². The Labute approximate surface area is 163 Å². The largest absolute Gasteiger partial charge is 0.496 e. The molecule has 1 heterocycles. The van der Waals surface area contributed by atoms with Gasteiger partial charge in [-0.2, -0.15) is 0 Å². The van der Waals surface area contributed by atoms with Crippen molar-refractivity contribution in [3.8, 4) is 5.75 Å². The first kappa shape index (κ1) is 19.5. The number of esters is 1. The SMILES string of the molecule is COc1ccccc1CNC(=O)[C@@H](C)OC(=O)Cc1coc2cc(C)ccc12. The van der Waals surface area contributed by atoms with Crippen molar-refractivity contribution < 1.29 is 23.5 Å². The highest BCUT2D eigenvalue weighted by molar-refractivity contribution is 5.88. The molecule has 0 aliphatic heterocycles. The molecule has 0 spiro atoms. The molecule has 0 saturated carbocycles. The maximum Gasteiger partial charge on any atom is 0.311 e. The second kappa shape index (κ2) is 8.61. The molecule has 6 heteroatoms. The van der Waals surface area contributed by atoms with Gasteiger partial charge in [0.1, 0.15) is 11.3 Å². The lowest BCUT2D eigenvalue weighted by Crippen LogP contribution is -2.35. The van der Waals surface area contributed by atoms with Crippen molar-refractivity contribution in [2.24, 2.45) is 0 Å². The van der Waals surface area contributed by atoms with Gasteiger partial charge in [0.15, 0.2) is 6.10 Å². The Morgan fingerprint density at radius 3 is 2.71 bits per heavy atom. The van der Waals surface area contributed by atoms with Gasteiger partial charge in [0.2, 0.25) is 0 Å². The van der Waals surface area contributed by atoms with Crippen LogP contribution >= 0.6 is 0 Å². The number of rotatable bonds is 7. The normalized spacial score (nSPS) is 11.8. The summed E-state index contributed by atoms with van der Waals surface area (Å²) in [6, 6.07) is 13.2. The van der Waals surface area contributed by atoms with Crippen LogP contribution in [0.25, 0.3) is 11.0 Å². The molecular weight excluding hydrogens is 358 g/mol. The van der Waals surface area contributed by atoms with Crippen LogP contribution in [-0.2, 0) is 27.3 Å². The molecule has 0 aliphatic rings. The minimum atomic E-state index is -0.900. The summed E-state index contributed by atoms with van der Waals surface area (Å²) in [6.45, 7) is 3.81. The average molecular weight is 381 g/mol. The van der Waals surface area contributed by atoms with E-state index in [9.17, 15) is 9.59 Å². The van der Waals surface area contributed by atoms with Gasteiger partial charge in [0.25, 0.3) is 5.91 Å². The number of benzene rings is 2. The molecule has 0 aliphatic carbocycles. The Hall–Kier alpha value is -3.28. The first-order valence-electron chi connectivity index (χ1n) is 9.03. The molecule has 0 bridgehead atoms. The van der Waals surface area contributed by atoms with Gasteiger partial charge in [-0.15, -0.1) is 0 Å². The van der Waals surface area contributed by atoms with E-state index in [0.717, 1.165) is 27.7 Å². The van der Waals surface area contributed by atoms with Gasteiger partial charge in [-0.3, -0.25) is 9.59 Å². The van der Waals surface area contributed by atoms with E-state index in [4.69, 9.17) is 13.9 Å². The molecule has 3 aromatic rings. The minimum Gasteiger partial charge on any atom is -0.496 e. The van der Waals surface area contributed by atoms with Crippen LogP contribution in [0.2, 0.25) is 0 Å². The van der Waals surface area contributed by atoms with E-state index in [2.05, 4.69) is 5.32 Å². The van der Waals surface area contributed by atoms with Crippen molar-refractivity contribution in [3.05, 3.63) is 65.4 Å². The van der Waals surface area contributed by atoms with Crippen molar-refractivity contribution in [2.75, 3.05) is 7.11 Å². The van der Waals surface area contributed by atoms with Crippen molar-refractivity contribution in [2.45, 2.75) is 32.9 Å². The summed E-state index contributed by atoms with van der Waals surface area (Å²) in [7, 11) is 1.58. The monoisotopic (exact) mass is 381 g/mol. The Bertz CT molecular complexity index is 992. The summed E-state index contributed by atoms with van der Waals surface area (Å²) in [5.74, 6) is -0.162. The Balaban J connectivity index is 1.55. The van der Waals surface area contributed by atoms with E-state index in [-0.39, 0.29) is 18.9 Å². The van der Waals surface area contributed by atoms with Crippen LogP contribution in [0.5, 0.6) is 5.75 Å². The summed E-state index contributed by atoms with van der Waals surface area (Å²) in [5, 5.41) is 3.63. The van der Waals surface area contributed by atoms with Crippen LogP contribution in [0.15, 0.2) is 53.1 Å². The first-order chi connectivity index (χ1) is 13.5. The topological polar surface area (TPSA) is 77.8 Å². The third kappa shape index (κ3) is 4.52. The highest BCUT2D eigenvalue weighted by Crippen LogP contribution is 2.23. The van der Waals surface area contributed by atoms with E-state index < -0.39 is 12.1 Å². The lowest BCUT2D eigenvalue weighted by Gasteiger charge is -2.14. The fourth-order valence-corrected chi connectivity index (χ4v) is 2.95. The van der Waals surface area contributed by atoms with Crippen LogP contribution in [-0.4, -0.2) is 25.1 Å². The maximum absolute atomic E-state index is 12.3. The van der Waals surface area contributed by atoms with Crippen molar-refractivity contribution in [3.63, 3.8) is 0 Å². The number of carbonyl (C=O) groups excluding carboxylic acids is 2. The van der Waals surface area contributed by atoms with Gasteiger partial charge in [0, 0.05) is 23.1 Å². The van der Waals surface area contributed by atoms with Crippen LogP contribution < -0.4 is 10.1 Å². The fourth-order valence-electron chi connectivity index (χ4n) is 2.95. The summed E-state index contributed by atoms with van der Waals surface area (Å²) >= 11 is 0. The zero-order valence-electron chi connectivity index (χ0n) is 16.2. The van der Waals surface area contributed by atoms with Gasteiger partial charge in [-0.25, -0.2) is 0 Å². The molecule has 0 radical (unpaired) electrons. The third-order valence-electron chi connectivity index (χ3n) is 4.47. The van der Waals surface area contributed by atoms with Gasteiger partial charge in [-0.1, -0.05) is 30.3 Å². The number of aryl methyl sites for hydroxylation is 1. The van der Waals surface area contributed by atoms with E-state index >= 15 is 0 Å². The predicted molar refractivity (Wildman–Crippen MR) is 105 cm³/mol. The van der Waals surface area contributed by atoms with E-state index in [0.29, 0.717) is 5.75 Å². The van der Waals surface area contributed by atoms with Crippen molar-refractivity contribution in [1.29, 1.82) is 0 Å². The number of hydrogen-bond donors (Lipinski definition) is 1. The molecule has 146 valence electrons. The fraction of sp³-hybridized carbons (Fsp3) is 0.273. The second-order valence-electron chi connectivity index (χ2n) is 6.60. The number of furan rings is 1. The molecule has 28 heavy (non-hydrogen) atoms. The summed E-state index contributed by atoms with van der Waals surface area (Å²) in [5.41, 5.74) is 3.39. The third-order valence-corrected chi connectivity index (χ3v) is 4.47. The number of fused-ring (bicyclic) bond motifs is 1. The molecule has 1 atom stereocenters. The standard InChI is InChI=1S/C22H23NO5/c1-14-8-9-18-17(13-27-20(18)10-14)11-21(24)28-15(2)22(25)23-12-16-6-4-5-7-19(16)26-3/h4-10,13,15H,11-12H2,1-3H3,(H,23,25)/t15-/m1/s1. The number of carbonyl (C=O) groups is 2. The van der Waals surface area contributed by atoms with E-state index in [1.165, 1.54) is 0 Å². The molecule has 0 unspecified atom stereocenters. The summed E-state index contributed by atoms with van der Waals surface area (Å²) < 4.78 is 16.0. The van der Waals surface area contributed by atoms with Gasteiger partial charge in [0.05, 0.1) is 19.8 Å². The zero-order chi connectivity index (χ0) is 20.1. The lowest BCUT2D eigenvalue weighted by molar-refractivity contribution is -0.154. The van der Waals surface area contributed by atoms with Crippen LogP contribution in [0.1, 0.15) is 23.6 Å². The molecule has 1 N–H and O–H groups in total. The molecule has 1 amide bonds. The zero-order valence-corrected chi connectivity index (χ0v) is 16.2. The van der Waals surface area contributed by atoms with Crippen molar-refractivity contribution >= 4 is 22.8 Å². The average Bonchev–Trinajstić information content (AvgIpc) is 3.07. The number of amides is 1. The highest BCUT2D eigenvalue weighted by atomic mass is 16.5.